The summed E-state index contributed by atoms with van der Waals surface area (Å²) in [6.45, 7) is 8.39. The molecule has 1 N–H and O–H groups in total. The lowest BCUT2D eigenvalue weighted by Crippen LogP contribution is -2.31. The van der Waals surface area contributed by atoms with E-state index in [4.69, 9.17) is 0 Å². The van der Waals surface area contributed by atoms with Gasteiger partial charge in [0, 0.05) is 18.8 Å². The zero-order chi connectivity index (χ0) is 15.5. The highest BCUT2D eigenvalue weighted by Gasteiger charge is 2.14. The summed E-state index contributed by atoms with van der Waals surface area (Å²) in [6.07, 6.45) is 5.39. The molecule has 116 valence electrons. The maximum Gasteiger partial charge on any atom is 0.247 e. The molecule has 0 radical (unpaired) electrons. The molecule has 1 aliphatic heterocycles. The van der Waals surface area contributed by atoms with Crippen LogP contribution in [0.25, 0.3) is 0 Å². The lowest BCUT2D eigenvalue weighted by molar-refractivity contribution is 0.565. The summed E-state index contributed by atoms with van der Waals surface area (Å²) in [6, 6.07) is 4.35. The van der Waals surface area contributed by atoms with Gasteiger partial charge in [-0.05, 0) is 51.2 Å². The highest BCUT2D eigenvalue weighted by atomic mass is 15.3. The van der Waals surface area contributed by atoms with Crippen molar-refractivity contribution in [3.05, 3.63) is 35.0 Å². The summed E-state index contributed by atoms with van der Waals surface area (Å²) in [5.41, 5.74) is 4.82. The predicted molar refractivity (Wildman–Crippen MR) is 89.8 cm³/mol. The minimum Gasteiger partial charge on any atom is -0.339 e. The van der Waals surface area contributed by atoms with Crippen molar-refractivity contribution in [3.63, 3.8) is 0 Å². The molecule has 1 aromatic heterocycles. The Morgan fingerprint density at radius 3 is 2.36 bits per heavy atom. The van der Waals surface area contributed by atoms with Gasteiger partial charge in [-0.15, -0.1) is 5.10 Å². The molecule has 5 heteroatoms. The number of piperidine rings is 1. The molecule has 2 heterocycles. The second-order valence-electron chi connectivity index (χ2n) is 6.09. The van der Waals surface area contributed by atoms with Crippen molar-refractivity contribution in [2.45, 2.75) is 40.0 Å². The van der Waals surface area contributed by atoms with Gasteiger partial charge in [-0.25, -0.2) is 0 Å². The van der Waals surface area contributed by atoms with Crippen molar-refractivity contribution in [2.24, 2.45) is 0 Å². The van der Waals surface area contributed by atoms with Crippen LogP contribution in [0.4, 0.5) is 17.5 Å². The molecule has 0 atom stereocenters. The van der Waals surface area contributed by atoms with Crippen LogP contribution in [0.3, 0.4) is 0 Å². The Morgan fingerprint density at radius 1 is 1.00 bits per heavy atom. The van der Waals surface area contributed by atoms with Gasteiger partial charge in [-0.2, -0.15) is 10.1 Å². The van der Waals surface area contributed by atoms with E-state index in [0.717, 1.165) is 30.5 Å². The first kappa shape index (κ1) is 14.8. The number of aryl methyl sites for hydroxylation is 3. The Labute approximate surface area is 131 Å². The first-order valence-electron chi connectivity index (χ1n) is 7.93. The van der Waals surface area contributed by atoms with Crippen molar-refractivity contribution < 1.29 is 0 Å². The van der Waals surface area contributed by atoms with Gasteiger partial charge in [0.05, 0.1) is 6.20 Å². The Balaban J connectivity index is 1.84. The maximum atomic E-state index is 4.64. The predicted octanol–water partition coefficient (Wildman–Crippen LogP) is 3.53. The third kappa shape index (κ3) is 3.18. The quantitative estimate of drug-likeness (QED) is 0.939. The number of nitrogens with zero attached hydrogens (tertiary/aromatic N) is 4. The third-order valence-electron chi connectivity index (χ3n) is 4.12. The van der Waals surface area contributed by atoms with Crippen LogP contribution in [-0.2, 0) is 0 Å². The maximum absolute atomic E-state index is 4.64. The van der Waals surface area contributed by atoms with Crippen LogP contribution in [0.2, 0.25) is 0 Å². The van der Waals surface area contributed by atoms with E-state index in [-0.39, 0.29) is 0 Å². The van der Waals surface area contributed by atoms with Gasteiger partial charge in [0.2, 0.25) is 5.95 Å². The van der Waals surface area contributed by atoms with Crippen LogP contribution in [-0.4, -0.2) is 28.3 Å². The van der Waals surface area contributed by atoms with E-state index in [0.29, 0.717) is 0 Å². The van der Waals surface area contributed by atoms with Gasteiger partial charge < -0.3 is 10.2 Å². The van der Waals surface area contributed by atoms with Gasteiger partial charge in [0.15, 0.2) is 5.82 Å². The van der Waals surface area contributed by atoms with Crippen molar-refractivity contribution in [1.29, 1.82) is 0 Å². The fourth-order valence-corrected chi connectivity index (χ4v) is 3.09. The average Bonchev–Trinajstić information content (AvgIpc) is 2.52. The zero-order valence-corrected chi connectivity index (χ0v) is 13.6. The van der Waals surface area contributed by atoms with Crippen LogP contribution >= 0.6 is 0 Å². The van der Waals surface area contributed by atoms with Crippen LogP contribution in [0.5, 0.6) is 0 Å². The lowest BCUT2D eigenvalue weighted by Gasteiger charge is -2.26. The molecule has 2 aromatic rings. The van der Waals surface area contributed by atoms with Crippen molar-refractivity contribution in [1.82, 2.24) is 15.2 Å². The fourth-order valence-electron chi connectivity index (χ4n) is 3.09. The third-order valence-corrected chi connectivity index (χ3v) is 4.12. The van der Waals surface area contributed by atoms with Gasteiger partial charge in [-0.3, -0.25) is 0 Å². The van der Waals surface area contributed by atoms with E-state index in [9.17, 15) is 0 Å². The first-order chi connectivity index (χ1) is 10.6. The Morgan fingerprint density at radius 2 is 1.68 bits per heavy atom. The highest BCUT2D eigenvalue weighted by molar-refractivity contribution is 5.65. The number of hydrogen-bond donors (Lipinski definition) is 1. The van der Waals surface area contributed by atoms with E-state index >= 15 is 0 Å². The van der Waals surface area contributed by atoms with E-state index in [1.807, 2.05) is 0 Å². The standard InChI is InChI=1S/C17H23N5/c1-12-9-13(2)16(14(3)10-12)19-15-11-18-21-17(20-15)22-7-5-4-6-8-22/h9-11H,4-8H2,1-3H3,(H,19,20,21). The molecule has 0 aliphatic carbocycles. The number of aromatic nitrogens is 3. The van der Waals surface area contributed by atoms with Gasteiger partial charge >= 0.3 is 0 Å². The number of anilines is 3. The molecule has 0 bridgehead atoms. The monoisotopic (exact) mass is 297 g/mol. The topological polar surface area (TPSA) is 53.9 Å². The number of benzene rings is 1. The Bertz CT molecular complexity index is 639. The second-order valence-corrected chi connectivity index (χ2v) is 6.09. The SMILES string of the molecule is Cc1cc(C)c(Nc2cnnc(N3CCCCC3)n2)c(C)c1. The van der Waals surface area contributed by atoms with Crippen molar-refractivity contribution in [3.8, 4) is 0 Å². The van der Waals surface area contributed by atoms with Gasteiger partial charge in [0.25, 0.3) is 0 Å². The summed E-state index contributed by atoms with van der Waals surface area (Å²) in [7, 11) is 0. The molecule has 0 unspecified atom stereocenters. The van der Waals surface area contributed by atoms with E-state index < -0.39 is 0 Å². The van der Waals surface area contributed by atoms with Gasteiger partial charge in [0.1, 0.15) is 0 Å². The number of nitrogens with one attached hydrogen (secondary N) is 1. The van der Waals surface area contributed by atoms with Crippen molar-refractivity contribution in [2.75, 3.05) is 23.3 Å². The van der Waals surface area contributed by atoms with Crippen LogP contribution < -0.4 is 10.2 Å². The summed E-state index contributed by atoms with van der Waals surface area (Å²) in [5.74, 6) is 1.48. The normalized spacial score (nSPS) is 15.0. The van der Waals surface area contributed by atoms with Crippen LogP contribution in [0, 0.1) is 20.8 Å². The fraction of sp³-hybridized carbons (Fsp3) is 0.471. The summed E-state index contributed by atoms with van der Waals surface area (Å²) >= 11 is 0. The van der Waals surface area contributed by atoms with Gasteiger partial charge in [-0.1, -0.05) is 17.7 Å². The molecule has 5 nitrogen and oxygen atoms in total. The summed E-state index contributed by atoms with van der Waals surface area (Å²) in [4.78, 5) is 6.86. The minimum atomic E-state index is 0.729. The Kier molecular flexibility index (Phi) is 4.22. The number of rotatable bonds is 3. The second kappa shape index (κ2) is 6.30. The Hall–Kier alpha value is -2.17. The number of hydrogen-bond acceptors (Lipinski definition) is 5. The van der Waals surface area contributed by atoms with E-state index in [2.05, 4.69) is 58.3 Å². The highest BCUT2D eigenvalue weighted by Crippen LogP contribution is 2.25. The molecule has 0 saturated carbocycles. The summed E-state index contributed by atoms with van der Waals surface area (Å²) < 4.78 is 0. The molecule has 0 amide bonds. The van der Waals surface area contributed by atoms with E-state index in [1.165, 1.54) is 36.0 Å². The molecule has 1 aromatic carbocycles. The van der Waals surface area contributed by atoms with Crippen LogP contribution in [0.1, 0.15) is 36.0 Å². The molecule has 0 spiro atoms. The molecule has 1 aliphatic rings. The minimum absolute atomic E-state index is 0.729. The molecule has 3 rings (SSSR count). The molecule has 1 fully saturated rings. The van der Waals surface area contributed by atoms with Crippen molar-refractivity contribution >= 4 is 17.5 Å². The largest absolute Gasteiger partial charge is 0.339 e. The average molecular weight is 297 g/mol. The zero-order valence-electron chi connectivity index (χ0n) is 13.6. The smallest absolute Gasteiger partial charge is 0.247 e. The van der Waals surface area contributed by atoms with Crippen LogP contribution in [0.15, 0.2) is 18.3 Å². The van der Waals surface area contributed by atoms with E-state index in [1.54, 1.807) is 6.20 Å². The molecule has 1 saturated heterocycles. The first-order valence-corrected chi connectivity index (χ1v) is 7.93. The summed E-state index contributed by atoms with van der Waals surface area (Å²) in [5, 5.41) is 11.7. The molecule has 22 heavy (non-hydrogen) atoms. The molecular formula is C17H23N5. The lowest BCUT2D eigenvalue weighted by atomic mass is 10.1. The molecular weight excluding hydrogens is 274 g/mol.